The molecule has 3 nitrogen and oxygen atoms in total. The second kappa shape index (κ2) is 6.85. The van der Waals surface area contributed by atoms with Crippen molar-refractivity contribution in [1.82, 2.24) is 0 Å². The quantitative estimate of drug-likeness (QED) is 0.501. The summed E-state index contributed by atoms with van der Waals surface area (Å²) in [6, 6.07) is 0. The zero-order valence-electron chi connectivity index (χ0n) is 7.62. The molecule has 70 valence electrons. The summed E-state index contributed by atoms with van der Waals surface area (Å²) in [5, 5.41) is 8.41. The van der Waals surface area contributed by atoms with Crippen LogP contribution in [0, 0.1) is 0 Å². The average Bonchev–Trinajstić information content (AvgIpc) is 1.97. The number of carbonyl (C=O) groups is 1. The fourth-order valence-electron chi connectivity index (χ4n) is 0.683. The Balaban J connectivity index is 3.43. The van der Waals surface area contributed by atoms with Crippen molar-refractivity contribution in [2.45, 2.75) is 32.8 Å². The highest BCUT2D eigenvalue weighted by molar-refractivity contribution is 5.71. The Hall–Kier alpha value is -0.830. The molecule has 0 rings (SSSR count). The molecule has 0 spiro atoms. The average molecular weight is 172 g/mol. The zero-order valence-corrected chi connectivity index (χ0v) is 7.62. The lowest BCUT2D eigenvalue weighted by atomic mass is 10.3. The summed E-state index contributed by atoms with van der Waals surface area (Å²) >= 11 is 0. The number of hydrogen-bond donors (Lipinski definition) is 1. The summed E-state index contributed by atoms with van der Waals surface area (Å²) < 4.78 is 4.88. The van der Waals surface area contributed by atoms with E-state index in [1.54, 1.807) is 12.2 Å². The molecular formula is C9H16O3. The van der Waals surface area contributed by atoms with E-state index in [0.717, 1.165) is 0 Å². The number of esters is 1. The monoisotopic (exact) mass is 172 g/mol. The maximum atomic E-state index is 10.9. The van der Waals surface area contributed by atoms with E-state index in [4.69, 9.17) is 9.84 Å². The highest BCUT2D eigenvalue weighted by Gasteiger charge is 2.01. The van der Waals surface area contributed by atoms with Crippen molar-refractivity contribution in [2.24, 2.45) is 0 Å². The smallest absolute Gasteiger partial charge is 0.309 e. The molecule has 0 saturated carbocycles. The van der Waals surface area contributed by atoms with Crippen molar-refractivity contribution in [3.63, 3.8) is 0 Å². The maximum absolute atomic E-state index is 10.9. The molecule has 0 bridgehead atoms. The van der Waals surface area contributed by atoms with Crippen LogP contribution in [0.2, 0.25) is 0 Å². The van der Waals surface area contributed by atoms with Crippen LogP contribution in [-0.4, -0.2) is 23.8 Å². The second-order valence-corrected chi connectivity index (χ2v) is 2.73. The fraction of sp³-hybridized carbons (Fsp3) is 0.667. The van der Waals surface area contributed by atoms with Crippen LogP contribution >= 0.6 is 0 Å². The summed E-state index contributed by atoms with van der Waals surface area (Å²) in [6.07, 6.45) is 4.30. The highest BCUT2D eigenvalue weighted by Crippen LogP contribution is 1.94. The topological polar surface area (TPSA) is 46.5 Å². The van der Waals surface area contributed by atoms with Crippen LogP contribution < -0.4 is 0 Å². The van der Waals surface area contributed by atoms with E-state index >= 15 is 0 Å². The normalized spacial score (nSPS) is 11.0. The summed E-state index contributed by atoms with van der Waals surface area (Å²) in [4.78, 5) is 10.9. The molecule has 0 saturated heterocycles. The van der Waals surface area contributed by atoms with Crippen molar-refractivity contribution < 1.29 is 14.6 Å². The van der Waals surface area contributed by atoms with Crippen LogP contribution in [-0.2, 0) is 9.53 Å². The predicted molar refractivity (Wildman–Crippen MR) is 46.7 cm³/mol. The van der Waals surface area contributed by atoms with Gasteiger partial charge in [0.25, 0.3) is 0 Å². The van der Waals surface area contributed by atoms with Crippen LogP contribution in [0.25, 0.3) is 0 Å². The van der Waals surface area contributed by atoms with Crippen molar-refractivity contribution >= 4 is 5.97 Å². The molecule has 0 aliphatic carbocycles. The van der Waals surface area contributed by atoms with Gasteiger partial charge in [-0.25, -0.2) is 0 Å². The lowest BCUT2D eigenvalue weighted by Crippen LogP contribution is -2.09. The van der Waals surface area contributed by atoms with Gasteiger partial charge in [0.2, 0.25) is 0 Å². The number of aliphatic hydroxyl groups excluding tert-OH is 1. The molecule has 0 aliphatic heterocycles. The van der Waals surface area contributed by atoms with Gasteiger partial charge in [-0.05, 0) is 20.3 Å². The molecule has 0 amide bonds. The van der Waals surface area contributed by atoms with Gasteiger partial charge in [-0.1, -0.05) is 12.2 Å². The molecule has 0 aliphatic rings. The van der Waals surface area contributed by atoms with Gasteiger partial charge in [-0.3, -0.25) is 4.79 Å². The minimum Gasteiger partial charge on any atom is -0.463 e. The van der Waals surface area contributed by atoms with Gasteiger partial charge < -0.3 is 9.84 Å². The number of aliphatic hydroxyl groups is 1. The van der Waals surface area contributed by atoms with Gasteiger partial charge in [0, 0.05) is 6.61 Å². The number of carbonyl (C=O) groups excluding carboxylic acids is 1. The third-order valence-corrected chi connectivity index (χ3v) is 1.11. The molecule has 0 aromatic carbocycles. The SMILES string of the molecule is CC(C)OC(=O)CC=CCCO. The number of rotatable bonds is 5. The van der Waals surface area contributed by atoms with Crippen molar-refractivity contribution in [3.8, 4) is 0 Å². The van der Waals surface area contributed by atoms with E-state index in [0.29, 0.717) is 6.42 Å². The van der Waals surface area contributed by atoms with Crippen LogP contribution in [0.15, 0.2) is 12.2 Å². The number of ether oxygens (including phenoxy) is 1. The Kier molecular flexibility index (Phi) is 6.38. The summed E-state index contributed by atoms with van der Waals surface area (Å²) in [5.74, 6) is -0.223. The van der Waals surface area contributed by atoms with Gasteiger partial charge in [0.1, 0.15) is 0 Å². The summed E-state index contributed by atoms with van der Waals surface area (Å²) in [5.41, 5.74) is 0. The molecule has 0 aromatic rings. The number of hydrogen-bond acceptors (Lipinski definition) is 3. The molecule has 1 N–H and O–H groups in total. The first-order valence-corrected chi connectivity index (χ1v) is 4.12. The van der Waals surface area contributed by atoms with Crippen LogP contribution in [0.4, 0.5) is 0 Å². The molecule has 0 unspecified atom stereocenters. The molecule has 0 fully saturated rings. The van der Waals surface area contributed by atoms with Crippen LogP contribution in [0.3, 0.4) is 0 Å². The summed E-state index contributed by atoms with van der Waals surface area (Å²) in [6.45, 7) is 3.75. The van der Waals surface area contributed by atoms with Gasteiger partial charge >= 0.3 is 5.97 Å². The van der Waals surface area contributed by atoms with Crippen molar-refractivity contribution in [2.75, 3.05) is 6.61 Å². The molecule has 0 atom stereocenters. The van der Waals surface area contributed by atoms with E-state index in [1.807, 2.05) is 13.8 Å². The molecule has 0 radical (unpaired) electrons. The Bertz CT molecular complexity index is 150. The molecular weight excluding hydrogens is 156 g/mol. The van der Waals surface area contributed by atoms with Crippen LogP contribution in [0.1, 0.15) is 26.7 Å². The standard InChI is InChI=1S/C9H16O3/c1-8(2)12-9(11)6-4-3-5-7-10/h3-4,8,10H,5-7H2,1-2H3. The highest BCUT2D eigenvalue weighted by atomic mass is 16.5. The predicted octanol–water partition coefficient (Wildman–Crippen LogP) is 1.27. The Morgan fingerprint density at radius 3 is 2.67 bits per heavy atom. The molecule has 0 heterocycles. The first kappa shape index (κ1) is 11.2. The van der Waals surface area contributed by atoms with E-state index in [-0.39, 0.29) is 25.1 Å². The first-order valence-electron chi connectivity index (χ1n) is 4.12. The second-order valence-electron chi connectivity index (χ2n) is 2.73. The Labute approximate surface area is 73.0 Å². The zero-order chi connectivity index (χ0) is 9.40. The lowest BCUT2D eigenvalue weighted by molar-refractivity contribution is -0.146. The minimum atomic E-state index is -0.223. The maximum Gasteiger partial charge on any atom is 0.309 e. The Morgan fingerprint density at radius 2 is 2.17 bits per heavy atom. The van der Waals surface area contributed by atoms with Gasteiger partial charge in [0.05, 0.1) is 12.5 Å². The third-order valence-electron chi connectivity index (χ3n) is 1.11. The van der Waals surface area contributed by atoms with E-state index in [2.05, 4.69) is 0 Å². The summed E-state index contributed by atoms with van der Waals surface area (Å²) in [7, 11) is 0. The minimum absolute atomic E-state index is 0.0521. The van der Waals surface area contributed by atoms with Crippen LogP contribution in [0.5, 0.6) is 0 Å². The van der Waals surface area contributed by atoms with Gasteiger partial charge in [-0.2, -0.15) is 0 Å². The van der Waals surface area contributed by atoms with E-state index < -0.39 is 0 Å². The fourth-order valence-corrected chi connectivity index (χ4v) is 0.683. The Morgan fingerprint density at radius 1 is 1.50 bits per heavy atom. The van der Waals surface area contributed by atoms with Crippen molar-refractivity contribution in [1.29, 1.82) is 0 Å². The third kappa shape index (κ3) is 7.28. The first-order chi connectivity index (χ1) is 5.66. The van der Waals surface area contributed by atoms with Crippen molar-refractivity contribution in [3.05, 3.63) is 12.2 Å². The van der Waals surface area contributed by atoms with E-state index in [1.165, 1.54) is 0 Å². The van der Waals surface area contributed by atoms with E-state index in [9.17, 15) is 4.79 Å². The lowest BCUT2D eigenvalue weighted by Gasteiger charge is -2.05. The van der Waals surface area contributed by atoms with Gasteiger partial charge in [0.15, 0.2) is 0 Å². The molecule has 12 heavy (non-hydrogen) atoms. The molecule has 0 aromatic heterocycles. The molecule has 3 heteroatoms. The van der Waals surface area contributed by atoms with Gasteiger partial charge in [-0.15, -0.1) is 0 Å². The largest absolute Gasteiger partial charge is 0.463 e.